The summed E-state index contributed by atoms with van der Waals surface area (Å²) in [5, 5.41) is 0.441. The molecular weight excluding hydrogens is 554 g/mol. The van der Waals surface area contributed by atoms with Gasteiger partial charge >= 0.3 is 11.9 Å². The van der Waals surface area contributed by atoms with Gasteiger partial charge in [-0.05, 0) is 50.2 Å². The molecule has 0 radical (unpaired) electrons. The molecule has 0 spiro atoms. The molecule has 37 heavy (non-hydrogen) atoms. The van der Waals surface area contributed by atoms with Gasteiger partial charge in [0, 0.05) is 21.7 Å². The highest BCUT2D eigenvalue weighted by Crippen LogP contribution is 2.56. The van der Waals surface area contributed by atoms with E-state index in [2.05, 4.69) is 0 Å². The van der Waals surface area contributed by atoms with Crippen LogP contribution in [0.4, 0.5) is 5.69 Å². The van der Waals surface area contributed by atoms with Gasteiger partial charge in [-0.15, -0.1) is 0 Å². The molecule has 2 aliphatic rings. The number of rotatable bonds is 4. The largest absolute Gasteiger partial charge is 0.497 e. The Hall–Kier alpha value is -2.79. The van der Waals surface area contributed by atoms with Crippen LogP contribution in [-0.4, -0.2) is 49.6 Å². The van der Waals surface area contributed by atoms with Gasteiger partial charge in [-0.3, -0.25) is 9.69 Å². The Morgan fingerprint density at radius 1 is 0.946 bits per heavy atom. The maximum absolute atomic E-state index is 13.8. The zero-order valence-electron chi connectivity index (χ0n) is 20.5. The van der Waals surface area contributed by atoms with Crippen molar-refractivity contribution in [3.05, 3.63) is 72.7 Å². The average molecular weight is 576 g/mol. The minimum atomic E-state index is -0.959. The van der Waals surface area contributed by atoms with E-state index in [0.29, 0.717) is 42.3 Å². The average Bonchev–Trinajstić information content (AvgIpc) is 3.33. The third kappa shape index (κ3) is 4.79. The standard InChI is InChI=1S/C26H22ClNO6S3/c1-26(2)21(35)18(25-36-19(23(30)33-4)20(37-25)24(31)34-5)16-12-15(32-3)9-10-17(16)28(26)22(29)13-7-6-8-14(27)11-13/h6-12H,1-5H3. The summed E-state index contributed by atoms with van der Waals surface area (Å²) in [4.78, 5) is 41.1. The van der Waals surface area contributed by atoms with Gasteiger partial charge in [-0.1, -0.05) is 53.4 Å². The first kappa shape index (κ1) is 27.3. The fraction of sp³-hybridized carbons (Fsp3) is 0.231. The second-order valence-electron chi connectivity index (χ2n) is 8.43. The van der Waals surface area contributed by atoms with Gasteiger partial charge in [0.15, 0.2) is 0 Å². The number of amides is 1. The van der Waals surface area contributed by atoms with E-state index in [4.69, 9.17) is 38.0 Å². The van der Waals surface area contributed by atoms with Gasteiger partial charge in [0.2, 0.25) is 0 Å². The Balaban J connectivity index is 1.94. The summed E-state index contributed by atoms with van der Waals surface area (Å²) in [5.74, 6) is -1.03. The van der Waals surface area contributed by atoms with E-state index in [0.717, 1.165) is 23.5 Å². The highest BCUT2D eigenvalue weighted by Gasteiger charge is 2.46. The van der Waals surface area contributed by atoms with Crippen LogP contribution in [0.2, 0.25) is 5.02 Å². The van der Waals surface area contributed by atoms with Crippen molar-refractivity contribution in [1.29, 1.82) is 0 Å². The Morgan fingerprint density at radius 2 is 1.57 bits per heavy atom. The lowest BCUT2D eigenvalue weighted by molar-refractivity contribution is -0.138. The normalized spacial score (nSPS) is 16.5. The second-order valence-corrected chi connectivity index (χ2v) is 11.6. The van der Waals surface area contributed by atoms with E-state index in [-0.39, 0.29) is 15.7 Å². The van der Waals surface area contributed by atoms with E-state index in [1.807, 2.05) is 13.8 Å². The number of halogens is 1. The molecule has 0 bridgehead atoms. The predicted octanol–water partition coefficient (Wildman–Crippen LogP) is 5.86. The highest BCUT2D eigenvalue weighted by molar-refractivity contribution is 8.29. The Morgan fingerprint density at radius 3 is 2.11 bits per heavy atom. The number of thioether (sulfide) groups is 2. The lowest BCUT2D eigenvalue weighted by Crippen LogP contribution is -2.56. The molecule has 0 aromatic heterocycles. The third-order valence-corrected chi connectivity index (χ3v) is 9.37. The first-order chi connectivity index (χ1) is 17.5. The zero-order valence-corrected chi connectivity index (χ0v) is 23.7. The summed E-state index contributed by atoms with van der Waals surface area (Å²) in [7, 11) is 4.03. The minimum absolute atomic E-state index is 0.115. The number of ether oxygens (including phenoxy) is 3. The van der Waals surface area contributed by atoms with Crippen molar-refractivity contribution in [3.8, 4) is 5.75 Å². The number of thiocarbonyl (C=S) groups is 1. The molecule has 4 rings (SSSR count). The Bertz CT molecular complexity index is 1380. The molecule has 0 unspecified atom stereocenters. The van der Waals surface area contributed by atoms with Gasteiger partial charge in [-0.25, -0.2) is 9.59 Å². The van der Waals surface area contributed by atoms with Crippen LogP contribution in [0, 0.1) is 0 Å². The maximum atomic E-state index is 13.8. The topological polar surface area (TPSA) is 82.1 Å². The number of carbonyl (C=O) groups is 3. The van der Waals surface area contributed by atoms with E-state index in [1.54, 1.807) is 54.5 Å². The second kappa shape index (κ2) is 10.5. The number of fused-ring (bicyclic) bond motifs is 1. The van der Waals surface area contributed by atoms with Gasteiger partial charge in [0.05, 0.1) is 41.7 Å². The van der Waals surface area contributed by atoms with Crippen molar-refractivity contribution in [1.82, 2.24) is 0 Å². The molecule has 0 fully saturated rings. The molecule has 0 aliphatic carbocycles. The first-order valence-electron chi connectivity index (χ1n) is 10.9. The quantitative estimate of drug-likeness (QED) is 0.253. The highest BCUT2D eigenvalue weighted by atomic mass is 35.5. The summed E-state index contributed by atoms with van der Waals surface area (Å²) in [5.41, 5.74) is 1.30. The van der Waals surface area contributed by atoms with Crippen LogP contribution in [-0.2, 0) is 19.1 Å². The van der Waals surface area contributed by atoms with Crippen molar-refractivity contribution in [3.63, 3.8) is 0 Å². The summed E-state index contributed by atoms with van der Waals surface area (Å²) in [6, 6.07) is 12.1. The number of benzene rings is 2. The summed E-state index contributed by atoms with van der Waals surface area (Å²) in [6.07, 6.45) is 0. The van der Waals surface area contributed by atoms with Crippen molar-refractivity contribution < 1.29 is 28.6 Å². The van der Waals surface area contributed by atoms with Crippen LogP contribution >= 0.6 is 47.3 Å². The van der Waals surface area contributed by atoms with E-state index < -0.39 is 17.5 Å². The summed E-state index contributed by atoms with van der Waals surface area (Å²) < 4.78 is 15.9. The van der Waals surface area contributed by atoms with E-state index >= 15 is 0 Å². The number of hydrogen-bond acceptors (Lipinski definition) is 9. The van der Waals surface area contributed by atoms with Crippen LogP contribution in [0.3, 0.4) is 0 Å². The predicted molar refractivity (Wildman–Crippen MR) is 151 cm³/mol. The first-order valence-corrected chi connectivity index (χ1v) is 13.3. The smallest absolute Gasteiger partial charge is 0.346 e. The fourth-order valence-corrected chi connectivity index (χ4v) is 7.26. The number of methoxy groups -OCH3 is 3. The lowest BCUT2D eigenvalue weighted by atomic mass is 9.82. The molecule has 0 atom stereocenters. The number of hydrogen-bond donors (Lipinski definition) is 0. The molecular formula is C26H22ClNO6S3. The summed E-state index contributed by atoms with van der Waals surface area (Å²) >= 11 is 14.3. The maximum Gasteiger partial charge on any atom is 0.346 e. The SMILES string of the molecule is COC(=O)C1=C(C(=O)OC)SC(=C2C(=S)C(C)(C)N(C(=O)c3cccc(Cl)c3)c3ccc(OC)cc32)S1. The minimum Gasteiger partial charge on any atom is -0.497 e. The van der Waals surface area contributed by atoms with Crippen LogP contribution < -0.4 is 9.64 Å². The molecule has 11 heteroatoms. The van der Waals surface area contributed by atoms with Gasteiger partial charge in [-0.2, -0.15) is 0 Å². The molecule has 2 heterocycles. The molecule has 0 N–H and O–H groups in total. The van der Waals surface area contributed by atoms with Gasteiger partial charge in [0.25, 0.3) is 5.91 Å². The summed E-state index contributed by atoms with van der Waals surface area (Å²) in [6.45, 7) is 3.71. The number of carbonyl (C=O) groups excluding carboxylic acids is 3. The Kier molecular flexibility index (Phi) is 7.75. The molecule has 0 saturated heterocycles. The van der Waals surface area contributed by atoms with Crippen LogP contribution in [0.15, 0.2) is 56.5 Å². The third-order valence-electron chi connectivity index (χ3n) is 5.87. The van der Waals surface area contributed by atoms with Gasteiger partial charge in [0.1, 0.15) is 15.6 Å². The van der Waals surface area contributed by atoms with E-state index in [9.17, 15) is 14.4 Å². The van der Waals surface area contributed by atoms with Crippen LogP contribution in [0.5, 0.6) is 5.75 Å². The van der Waals surface area contributed by atoms with E-state index in [1.165, 1.54) is 14.2 Å². The van der Waals surface area contributed by atoms with Crippen molar-refractivity contribution >= 4 is 81.3 Å². The van der Waals surface area contributed by atoms with Crippen LogP contribution in [0.1, 0.15) is 29.8 Å². The number of nitrogens with zero attached hydrogens (tertiary/aromatic N) is 1. The fourth-order valence-electron chi connectivity index (χ4n) is 4.04. The lowest BCUT2D eigenvalue weighted by Gasteiger charge is -2.45. The van der Waals surface area contributed by atoms with Crippen LogP contribution in [0.25, 0.3) is 5.57 Å². The monoisotopic (exact) mass is 575 g/mol. The molecule has 192 valence electrons. The van der Waals surface area contributed by atoms with Crippen molar-refractivity contribution in [2.75, 3.05) is 26.2 Å². The Labute approximate surface area is 233 Å². The molecule has 2 aromatic rings. The number of anilines is 1. The molecule has 2 aliphatic heterocycles. The number of esters is 2. The molecule has 0 saturated carbocycles. The van der Waals surface area contributed by atoms with Crippen molar-refractivity contribution in [2.24, 2.45) is 0 Å². The molecule has 7 nitrogen and oxygen atoms in total. The van der Waals surface area contributed by atoms with Crippen molar-refractivity contribution in [2.45, 2.75) is 19.4 Å². The molecule has 2 aromatic carbocycles. The molecule has 1 amide bonds. The van der Waals surface area contributed by atoms with Gasteiger partial charge < -0.3 is 14.2 Å². The zero-order chi connectivity index (χ0) is 27.1.